The Balaban J connectivity index is 1.27. The molecule has 2 aliphatic heterocycles. The minimum atomic E-state index is -3.00. The number of rotatable bonds is 7. The van der Waals surface area contributed by atoms with Crippen LogP contribution in [0, 0.1) is 25.5 Å². The van der Waals surface area contributed by atoms with Crippen LogP contribution in [-0.4, -0.2) is 43.7 Å². The number of carboxylic acid groups (broad SMARTS) is 1. The molecule has 10 heteroatoms. The number of hydrogen-bond donors (Lipinski definition) is 1. The predicted molar refractivity (Wildman–Crippen MR) is 152 cm³/mol. The zero-order valence-corrected chi connectivity index (χ0v) is 24.2. The molecule has 0 aromatic heterocycles. The summed E-state index contributed by atoms with van der Waals surface area (Å²) < 4.78 is 72.4. The molecule has 1 N–H and O–H groups in total. The Morgan fingerprint density at radius 2 is 1.67 bits per heavy atom. The normalized spacial score (nSPS) is 21.0. The van der Waals surface area contributed by atoms with E-state index in [4.69, 9.17) is 19.3 Å². The lowest BCUT2D eigenvalue weighted by Gasteiger charge is -2.24. The summed E-state index contributed by atoms with van der Waals surface area (Å²) in [5.41, 5.74) is 4.30. The molecule has 3 aliphatic rings. The van der Waals surface area contributed by atoms with Crippen molar-refractivity contribution in [2.24, 2.45) is 0 Å². The molecule has 7 nitrogen and oxygen atoms in total. The number of aryl methyl sites for hydroxylation is 2. The lowest BCUT2D eigenvalue weighted by atomic mass is 9.89. The fourth-order valence-electron chi connectivity index (χ4n) is 6.54. The molecule has 2 unspecified atom stereocenters. The molecule has 2 atom stereocenters. The SMILES string of the molecule is Cc1cc(OC2CCS(=O)(=O)CC2)cc(C)c1-c1c(F)cc(F)c2c1CCC2Oc1ccc2c(c1)OCC2CC(=O)O. The fraction of sp³-hybridized carbons (Fsp3) is 0.406. The van der Waals surface area contributed by atoms with E-state index in [1.807, 2.05) is 26.0 Å². The summed E-state index contributed by atoms with van der Waals surface area (Å²) in [6.45, 7) is 4.00. The minimum Gasteiger partial charge on any atom is -0.492 e. The average Bonchev–Trinajstić information content (AvgIpc) is 3.50. The molecule has 2 heterocycles. The van der Waals surface area contributed by atoms with E-state index in [0.717, 1.165) is 22.8 Å². The number of aliphatic carboxylic acids is 1. The van der Waals surface area contributed by atoms with Crippen LogP contribution >= 0.6 is 0 Å². The van der Waals surface area contributed by atoms with Crippen molar-refractivity contribution < 1.29 is 41.3 Å². The number of hydrogen-bond acceptors (Lipinski definition) is 6. The van der Waals surface area contributed by atoms with Crippen LogP contribution in [0.15, 0.2) is 36.4 Å². The van der Waals surface area contributed by atoms with Crippen molar-refractivity contribution in [2.75, 3.05) is 18.1 Å². The second kappa shape index (κ2) is 10.9. The van der Waals surface area contributed by atoms with E-state index in [1.54, 1.807) is 18.2 Å². The van der Waals surface area contributed by atoms with Gasteiger partial charge in [0.05, 0.1) is 24.5 Å². The van der Waals surface area contributed by atoms with Crippen molar-refractivity contribution in [1.82, 2.24) is 0 Å². The third-order valence-electron chi connectivity index (χ3n) is 8.48. The highest BCUT2D eigenvalue weighted by Crippen LogP contribution is 2.46. The van der Waals surface area contributed by atoms with E-state index < -0.39 is 33.5 Å². The first-order chi connectivity index (χ1) is 20.0. The van der Waals surface area contributed by atoms with Crippen molar-refractivity contribution in [3.05, 3.63) is 75.8 Å². The van der Waals surface area contributed by atoms with Gasteiger partial charge in [-0.1, -0.05) is 6.07 Å². The Morgan fingerprint density at radius 1 is 0.952 bits per heavy atom. The van der Waals surface area contributed by atoms with E-state index in [0.29, 0.717) is 65.2 Å². The van der Waals surface area contributed by atoms with Gasteiger partial charge in [-0.2, -0.15) is 0 Å². The molecule has 0 spiro atoms. The van der Waals surface area contributed by atoms with Gasteiger partial charge in [0, 0.05) is 34.7 Å². The maximum Gasteiger partial charge on any atom is 0.304 e. The van der Waals surface area contributed by atoms with Crippen LogP contribution in [0.5, 0.6) is 17.2 Å². The monoisotopic (exact) mass is 598 g/mol. The van der Waals surface area contributed by atoms with Gasteiger partial charge in [-0.15, -0.1) is 0 Å². The molecule has 1 aliphatic carbocycles. The van der Waals surface area contributed by atoms with Gasteiger partial charge < -0.3 is 19.3 Å². The van der Waals surface area contributed by atoms with Crippen LogP contribution in [0.1, 0.15) is 65.5 Å². The predicted octanol–water partition coefficient (Wildman–Crippen LogP) is 6.22. The van der Waals surface area contributed by atoms with Crippen LogP contribution in [0.2, 0.25) is 0 Å². The standard InChI is InChI=1S/C32H32F2O7S/c1-17-11-22(40-20-7-9-42(37,38)10-8-20)12-18(2)30(17)32-24-5-6-27(31(24)25(33)15-26(32)34)41-21-3-4-23-19(13-29(35)36)16-39-28(23)14-21/h3-4,11-12,14-15,19-20,27H,5-10,13,16H2,1-2H3,(H,35,36). The molecule has 0 bridgehead atoms. The van der Waals surface area contributed by atoms with Crippen LogP contribution in [0.25, 0.3) is 11.1 Å². The van der Waals surface area contributed by atoms with E-state index in [9.17, 15) is 13.2 Å². The third-order valence-corrected chi connectivity index (χ3v) is 10.2. The van der Waals surface area contributed by atoms with Gasteiger partial charge in [0.15, 0.2) is 9.84 Å². The summed E-state index contributed by atoms with van der Waals surface area (Å²) in [6, 6.07) is 9.79. The largest absolute Gasteiger partial charge is 0.492 e. The molecule has 222 valence electrons. The number of sulfone groups is 1. The Labute approximate surface area is 243 Å². The molecule has 42 heavy (non-hydrogen) atoms. The molecular weight excluding hydrogens is 566 g/mol. The Morgan fingerprint density at radius 3 is 2.36 bits per heavy atom. The number of ether oxygens (including phenoxy) is 3. The first-order valence-electron chi connectivity index (χ1n) is 14.1. The fourth-order valence-corrected chi connectivity index (χ4v) is 7.99. The van der Waals surface area contributed by atoms with Crippen molar-refractivity contribution >= 4 is 15.8 Å². The lowest BCUT2D eigenvalue weighted by molar-refractivity contribution is -0.137. The summed E-state index contributed by atoms with van der Waals surface area (Å²) >= 11 is 0. The topological polar surface area (TPSA) is 99.1 Å². The van der Waals surface area contributed by atoms with Crippen molar-refractivity contribution in [2.45, 2.75) is 64.1 Å². The van der Waals surface area contributed by atoms with Crippen molar-refractivity contribution in [1.29, 1.82) is 0 Å². The molecule has 0 amide bonds. The van der Waals surface area contributed by atoms with Crippen LogP contribution in [-0.2, 0) is 21.1 Å². The van der Waals surface area contributed by atoms with Crippen LogP contribution < -0.4 is 14.2 Å². The Hall–Kier alpha value is -3.66. The summed E-state index contributed by atoms with van der Waals surface area (Å²) in [5, 5.41) is 9.15. The van der Waals surface area contributed by atoms with Gasteiger partial charge in [-0.25, -0.2) is 17.2 Å². The maximum atomic E-state index is 15.5. The van der Waals surface area contributed by atoms with Gasteiger partial charge >= 0.3 is 5.97 Å². The quantitative estimate of drug-likeness (QED) is 0.345. The maximum absolute atomic E-state index is 15.5. The highest BCUT2D eigenvalue weighted by atomic mass is 32.2. The van der Waals surface area contributed by atoms with E-state index >= 15 is 8.78 Å². The van der Waals surface area contributed by atoms with Crippen molar-refractivity contribution in [3.63, 3.8) is 0 Å². The van der Waals surface area contributed by atoms with Crippen molar-refractivity contribution in [3.8, 4) is 28.4 Å². The number of fused-ring (bicyclic) bond motifs is 2. The molecule has 3 aromatic rings. The summed E-state index contributed by atoms with van der Waals surface area (Å²) in [5.74, 6) is -0.590. The minimum absolute atomic E-state index is 0.0282. The molecule has 0 saturated carbocycles. The summed E-state index contributed by atoms with van der Waals surface area (Å²) in [4.78, 5) is 11.2. The van der Waals surface area contributed by atoms with Gasteiger partial charge in [-0.3, -0.25) is 4.79 Å². The molecule has 6 rings (SSSR count). The number of halogens is 2. The van der Waals surface area contributed by atoms with Crippen LogP contribution in [0.3, 0.4) is 0 Å². The van der Waals surface area contributed by atoms with Gasteiger partial charge in [0.2, 0.25) is 0 Å². The first-order valence-corrected chi connectivity index (χ1v) is 16.0. The van der Waals surface area contributed by atoms with E-state index in [1.165, 1.54) is 0 Å². The molecule has 0 radical (unpaired) electrons. The molecular formula is C32H32F2O7S. The second-order valence-corrected chi connectivity index (χ2v) is 13.8. The second-order valence-electron chi connectivity index (χ2n) is 11.5. The zero-order chi connectivity index (χ0) is 29.8. The molecule has 1 fully saturated rings. The number of benzene rings is 3. The summed E-state index contributed by atoms with van der Waals surface area (Å²) in [6.07, 6.45) is 0.909. The van der Waals surface area contributed by atoms with E-state index in [2.05, 4.69) is 0 Å². The summed E-state index contributed by atoms with van der Waals surface area (Å²) in [7, 11) is -3.00. The number of carbonyl (C=O) groups is 1. The zero-order valence-electron chi connectivity index (χ0n) is 23.4. The molecule has 1 saturated heterocycles. The first kappa shape index (κ1) is 28.5. The van der Waals surface area contributed by atoms with Gasteiger partial charge in [0.1, 0.15) is 41.1 Å². The Kier molecular flexibility index (Phi) is 7.37. The third kappa shape index (κ3) is 5.44. The lowest BCUT2D eigenvalue weighted by Crippen LogP contribution is -2.30. The molecule has 3 aromatic carbocycles. The van der Waals surface area contributed by atoms with Gasteiger partial charge in [-0.05, 0) is 80.0 Å². The average molecular weight is 599 g/mol. The highest BCUT2D eigenvalue weighted by Gasteiger charge is 2.34. The van der Waals surface area contributed by atoms with Crippen LogP contribution in [0.4, 0.5) is 8.78 Å². The highest BCUT2D eigenvalue weighted by molar-refractivity contribution is 7.91. The number of carboxylic acids is 1. The Bertz CT molecular complexity index is 1650. The smallest absolute Gasteiger partial charge is 0.304 e. The van der Waals surface area contributed by atoms with Gasteiger partial charge in [0.25, 0.3) is 0 Å². The van der Waals surface area contributed by atoms with E-state index in [-0.39, 0.29) is 36.6 Å².